The molecule has 4 heteroatoms. The van der Waals surface area contributed by atoms with Gasteiger partial charge in [0.15, 0.2) is 0 Å². The Hall–Kier alpha value is -1.65. The molecular formula is C19H26N2OS. The van der Waals surface area contributed by atoms with E-state index in [-0.39, 0.29) is 11.9 Å². The molecular weight excluding hydrogens is 304 g/mol. The third-order valence-electron chi connectivity index (χ3n) is 4.19. The van der Waals surface area contributed by atoms with Crippen LogP contribution >= 0.6 is 11.3 Å². The van der Waals surface area contributed by atoms with Crippen molar-refractivity contribution in [3.8, 4) is 0 Å². The molecule has 2 aromatic rings. The number of hydrogen-bond acceptors (Lipinski definition) is 3. The third-order valence-corrected chi connectivity index (χ3v) is 5.12. The normalized spacial score (nSPS) is 13.5. The molecule has 0 saturated carbocycles. The number of carbonyl (C=O) groups is 1. The summed E-state index contributed by atoms with van der Waals surface area (Å²) in [4.78, 5) is 13.3. The Bertz CT molecular complexity index is 592. The molecule has 3 nitrogen and oxygen atoms in total. The summed E-state index contributed by atoms with van der Waals surface area (Å²) in [5.41, 5.74) is 2.49. The van der Waals surface area contributed by atoms with E-state index in [1.807, 2.05) is 13.1 Å². The van der Waals surface area contributed by atoms with E-state index in [9.17, 15) is 4.79 Å². The fraction of sp³-hybridized carbons (Fsp3) is 0.421. The Kier molecular flexibility index (Phi) is 6.81. The number of carbonyl (C=O) groups excluding carboxylic acids is 1. The maximum absolute atomic E-state index is 12.2. The summed E-state index contributed by atoms with van der Waals surface area (Å²) in [7, 11) is 1.86. The lowest BCUT2D eigenvalue weighted by molar-refractivity contribution is -0.121. The lowest BCUT2D eigenvalue weighted by Gasteiger charge is -2.19. The zero-order chi connectivity index (χ0) is 16.7. The third kappa shape index (κ3) is 4.91. The van der Waals surface area contributed by atoms with E-state index < -0.39 is 0 Å². The molecule has 1 amide bonds. The number of rotatable bonds is 8. The van der Waals surface area contributed by atoms with Gasteiger partial charge in [-0.15, -0.1) is 11.3 Å². The standard InChI is InChI=1S/C19H26N2OS/c1-4-14(2)15-7-9-16(10-8-15)19(17-6-5-13-23-17)21-18(22)11-12-20-3/h5-10,13-14,19-20H,4,11-12H2,1-3H3,(H,21,22). The van der Waals surface area contributed by atoms with Gasteiger partial charge in [-0.3, -0.25) is 4.79 Å². The fourth-order valence-corrected chi connectivity index (χ4v) is 3.30. The fourth-order valence-electron chi connectivity index (χ4n) is 2.50. The van der Waals surface area contributed by atoms with Crippen LogP contribution in [0.1, 0.15) is 54.7 Å². The molecule has 0 aliphatic rings. The van der Waals surface area contributed by atoms with Gasteiger partial charge in [0.1, 0.15) is 0 Å². The zero-order valence-electron chi connectivity index (χ0n) is 14.1. The van der Waals surface area contributed by atoms with Crippen LogP contribution in [0.4, 0.5) is 0 Å². The van der Waals surface area contributed by atoms with Crippen LogP contribution in [0.25, 0.3) is 0 Å². The molecule has 0 bridgehead atoms. The van der Waals surface area contributed by atoms with Crippen molar-refractivity contribution in [1.82, 2.24) is 10.6 Å². The first-order valence-corrected chi connectivity index (χ1v) is 9.10. The van der Waals surface area contributed by atoms with Crippen LogP contribution in [0.5, 0.6) is 0 Å². The quantitative estimate of drug-likeness (QED) is 0.766. The topological polar surface area (TPSA) is 41.1 Å². The molecule has 2 N–H and O–H groups in total. The van der Waals surface area contributed by atoms with Gasteiger partial charge in [-0.25, -0.2) is 0 Å². The molecule has 1 heterocycles. The summed E-state index contributed by atoms with van der Waals surface area (Å²) in [6, 6.07) is 12.7. The van der Waals surface area contributed by atoms with Crippen molar-refractivity contribution in [2.45, 2.75) is 38.6 Å². The summed E-state index contributed by atoms with van der Waals surface area (Å²) >= 11 is 1.68. The first kappa shape index (κ1) is 17.7. The van der Waals surface area contributed by atoms with Crippen molar-refractivity contribution in [3.05, 3.63) is 57.8 Å². The van der Waals surface area contributed by atoms with Crippen LogP contribution in [-0.4, -0.2) is 19.5 Å². The Morgan fingerprint density at radius 3 is 2.43 bits per heavy atom. The number of thiophene rings is 1. The van der Waals surface area contributed by atoms with E-state index >= 15 is 0 Å². The zero-order valence-corrected chi connectivity index (χ0v) is 15.0. The molecule has 0 aliphatic carbocycles. The highest BCUT2D eigenvalue weighted by atomic mass is 32.1. The maximum atomic E-state index is 12.2. The van der Waals surface area contributed by atoms with Crippen LogP contribution in [0.15, 0.2) is 41.8 Å². The Morgan fingerprint density at radius 1 is 1.17 bits per heavy atom. The molecule has 0 fully saturated rings. The maximum Gasteiger partial charge on any atom is 0.222 e. The van der Waals surface area contributed by atoms with E-state index in [4.69, 9.17) is 0 Å². The van der Waals surface area contributed by atoms with Gasteiger partial charge < -0.3 is 10.6 Å². The molecule has 1 aromatic heterocycles. The highest BCUT2D eigenvalue weighted by Crippen LogP contribution is 2.28. The van der Waals surface area contributed by atoms with E-state index in [0.717, 1.165) is 12.0 Å². The van der Waals surface area contributed by atoms with Crippen molar-refractivity contribution in [1.29, 1.82) is 0 Å². The average Bonchev–Trinajstić information content (AvgIpc) is 3.11. The Labute approximate surface area is 143 Å². The van der Waals surface area contributed by atoms with Gasteiger partial charge in [-0.05, 0) is 42.0 Å². The van der Waals surface area contributed by atoms with Gasteiger partial charge in [0.05, 0.1) is 6.04 Å². The second-order valence-electron chi connectivity index (χ2n) is 5.85. The van der Waals surface area contributed by atoms with Crippen LogP contribution in [0.3, 0.4) is 0 Å². The first-order chi connectivity index (χ1) is 11.2. The van der Waals surface area contributed by atoms with Crippen LogP contribution in [0.2, 0.25) is 0 Å². The van der Waals surface area contributed by atoms with E-state index in [0.29, 0.717) is 18.9 Å². The molecule has 124 valence electrons. The predicted octanol–water partition coefficient (Wildman–Crippen LogP) is 4.08. The second kappa shape index (κ2) is 8.85. The molecule has 1 aromatic carbocycles. The first-order valence-electron chi connectivity index (χ1n) is 8.23. The number of benzene rings is 1. The minimum atomic E-state index is -0.0645. The van der Waals surface area contributed by atoms with Crippen LogP contribution < -0.4 is 10.6 Å². The smallest absolute Gasteiger partial charge is 0.222 e. The highest BCUT2D eigenvalue weighted by Gasteiger charge is 2.18. The molecule has 2 rings (SSSR count). The number of nitrogens with one attached hydrogen (secondary N) is 2. The van der Waals surface area contributed by atoms with E-state index in [2.05, 4.69) is 60.2 Å². The molecule has 23 heavy (non-hydrogen) atoms. The molecule has 0 saturated heterocycles. The van der Waals surface area contributed by atoms with Crippen molar-refractivity contribution in [2.75, 3.05) is 13.6 Å². The largest absolute Gasteiger partial charge is 0.344 e. The predicted molar refractivity (Wildman–Crippen MR) is 98.0 cm³/mol. The summed E-state index contributed by atoms with van der Waals surface area (Å²) in [6.45, 7) is 5.14. The second-order valence-corrected chi connectivity index (χ2v) is 6.82. The molecule has 0 spiro atoms. The summed E-state index contributed by atoms with van der Waals surface area (Å²) in [5.74, 6) is 0.637. The van der Waals surface area contributed by atoms with Crippen molar-refractivity contribution in [2.24, 2.45) is 0 Å². The van der Waals surface area contributed by atoms with Gasteiger partial charge in [-0.2, -0.15) is 0 Å². The van der Waals surface area contributed by atoms with Gasteiger partial charge in [0, 0.05) is 17.8 Å². The van der Waals surface area contributed by atoms with Gasteiger partial charge in [-0.1, -0.05) is 44.2 Å². The van der Waals surface area contributed by atoms with Crippen molar-refractivity contribution < 1.29 is 4.79 Å². The minimum absolute atomic E-state index is 0.0645. The van der Waals surface area contributed by atoms with Crippen molar-refractivity contribution in [3.63, 3.8) is 0 Å². The molecule has 0 aliphatic heterocycles. The summed E-state index contributed by atoms with van der Waals surface area (Å²) < 4.78 is 0. The van der Waals surface area contributed by atoms with E-state index in [1.165, 1.54) is 10.4 Å². The average molecular weight is 330 g/mol. The highest BCUT2D eigenvalue weighted by molar-refractivity contribution is 7.10. The molecule has 2 unspecified atom stereocenters. The van der Waals surface area contributed by atoms with Crippen LogP contribution in [0, 0.1) is 0 Å². The summed E-state index contributed by atoms with van der Waals surface area (Å²) in [6.07, 6.45) is 1.62. The minimum Gasteiger partial charge on any atom is -0.344 e. The van der Waals surface area contributed by atoms with Gasteiger partial charge in [0.25, 0.3) is 0 Å². The summed E-state index contributed by atoms with van der Waals surface area (Å²) in [5, 5.41) is 8.23. The van der Waals surface area contributed by atoms with Crippen LogP contribution in [-0.2, 0) is 4.79 Å². The molecule has 0 radical (unpaired) electrons. The molecule has 2 atom stereocenters. The Morgan fingerprint density at radius 2 is 1.87 bits per heavy atom. The number of hydrogen-bond donors (Lipinski definition) is 2. The van der Waals surface area contributed by atoms with Gasteiger partial charge in [0.2, 0.25) is 5.91 Å². The monoisotopic (exact) mass is 330 g/mol. The lowest BCUT2D eigenvalue weighted by Crippen LogP contribution is -2.30. The van der Waals surface area contributed by atoms with Crippen molar-refractivity contribution >= 4 is 17.2 Å². The SMILES string of the molecule is CCC(C)c1ccc(C(NC(=O)CCNC)c2cccs2)cc1. The van der Waals surface area contributed by atoms with Gasteiger partial charge >= 0.3 is 0 Å². The Balaban J connectivity index is 2.18. The lowest BCUT2D eigenvalue weighted by atomic mass is 9.95. The van der Waals surface area contributed by atoms with E-state index in [1.54, 1.807) is 11.3 Å². The number of amides is 1.